The Morgan fingerprint density at radius 2 is 1.74 bits per heavy atom. The second-order valence-electron chi connectivity index (χ2n) is 8.60. The quantitative estimate of drug-likeness (QED) is 0.160. The number of amides is 2. The van der Waals surface area contributed by atoms with Gasteiger partial charge in [-0.15, -0.1) is 0 Å². The molecule has 0 bridgehead atoms. The van der Waals surface area contributed by atoms with E-state index in [4.69, 9.17) is 33.3 Å². The third kappa shape index (κ3) is 5.34. The molecule has 1 aliphatic heterocycles. The van der Waals surface area contributed by atoms with Crippen molar-refractivity contribution >= 4 is 63.3 Å². The molecule has 0 atom stereocenters. The van der Waals surface area contributed by atoms with Gasteiger partial charge in [-0.1, -0.05) is 66.2 Å². The summed E-state index contributed by atoms with van der Waals surface area (Å²) in [5.41, 5.74) is 1.09. The van der Waals surface area contributed by atoms with Crippen LogP contribution in [0.15, 0.2) is 84.4 Å². The maximum atomic E-state index is 14.5. The summed E-state index contributed by atoms with van der Waals surface area (Å²) in [6.45, 7) is 2.39. The highest BCUT2D eigenvalue weighted by Gasteiger charge is 2.35. The van der Waals surface area contributed by atoms with Crippen molar-refractivity contribution in [2.75, 3.05) is 11.5 Å². The first-order valence-corrected chi connectivity index (χ1v) is 12.9. The second-order valence-corrected chi connectivity index (χ2v) is 9.39. The molecule has 196 valence electrons. The highest BCUT2D eigenvalue weighted by atomic mass is 35.5. The molecule has 0 aliphatic carbocycles. The van der Waals surface area contributed by atoms with Gasteiger partial charge in [0.05, 0.1) is 17.3 Å². The molecule has 1 heterocycles. The van der Waals surface area contributed by atoms with Crippen molar-refractivity contribution in [1.29, 1.82) is 0 Å². The minimum absolute atomic E-state index is 0.0661. The lowest BCUT2D eigenvalue weighted by Gasteiger charge is -2.29. The minimum Gasteiger partial charge on any atom is -0.490 e. The van der Waals surface area contributed by atoms with Crippen molar-refractivity contribution < 1.29 is 23.5 Å². The topological polar surface area (TPSA) is 67.9 Å². The van der Waals surface area contributed by atoms with Crippen molar-refractivity contribution in [1.82, 2.24) is 5.32 Å². The van der Waals surface area contributed by atoms with E-state index in [1.54, 1.807) is 18.2 Å². The van der Waals surface area contributed by atoms with Crippen LogP contribution in [0.1, 0.15) is 18.1 Å². The van der Waals surface area contributed by atoms with Crippen LogP contribution in [0, 0.1) is 5.82 Å². The molecule has 6 nitrogen and oxygen atoms in total. The summed E-state index contributed by atoms with van der Waals surface area (Å²) in [6.07, 6.45) is 1.36. The number of halogens is 2. The summed E-state index contributed by atoms with van der Waals surface area (Å²) in [5.74, 6) is -1.44. The maximum Gasteiger partial charge on any atom is 0.270 e. The minimum atomic E-state index is -0.765. The lowest BCUT2D eigenvalue weighted by atomic mass is 10.1. The molecule has 4 aromatic rings. The van der Waals surface area contributed by atoms with Gasteiger partial charge in [-0.3, -0.25) is 14.9 Å². The van der Waals surface area contributed by atoms with Gasteiger partial charge in [-0.2, -0.15) is 0 Å². The molecule has 1 saturated heterocycles. The van der Waals surface area contributed by atoms with Crippen molar-refractivity contribution in [2.24, 2.45) is 0 Å². The first-order chi connectivity index (χ1) is 18.9. The van der Waals surface area contributed by atoms with Crippen LogP contribution in [-0.2, 0) is 16.2 Å². The summed E-state index contributed by atoms with van der Waals surface area (Å²) in [5, 5.41) is 4.63. The number of ether oxygens (including phenoxy) is 2. The lowest BCUT2D eigenvalue weighted by molar-refractivity contribution is -0.122. The van der Waals surface area contributed by atoms with Gasteiger partial charge in [0.25, 0.3) is 11.8 Å². The fourth-order valence-corrected chi connectivity index (χ4v) is 4.87. The predicted octanol–water partition coefficient (Wildman–Crippen LogP) is 6.44. The number of rotatable bonds is 7. The highest BCUT2D eigenvalue weighted by Crippen LogP contribution is 2.38. The van der Waals surface area contributed by atoms with E-state index >= 15 is 0 Å². The van der Waals surface area contributed by atoms with E-state index in [9.17, 15) is 14.0 Å². The monoisotopic (exact) mass is 560 g/mol. The molecule has 0 radical (unpaired) electrons. The second kappa shape index (κ2) is 11.2. The van der Waals surface area contributed by atoms with Crippen LogP contribution in [0.25, 0.3) is 16.8 Å². The first kappa shape index (κ1) is 26.3. The number of carbonyl (C=O) groups excluding carboxylic acids is 2. The van der Waals surface area contributed by atoms with Crippen LogP contribution in [-0.4, -0.2) is 23.5 Å². The molecular weight excluding hydrogens is 539 g/mol. The number of benzene rings is 4. The highest BCUT2D eigenvalue weighted by molar-refractivity contribution is 7.80. The largest absolute Gasteiger partial charge is 0.490 e. The Bertz CT molecular complexity index is 1650. The number of hydrogen-bond donors (Lipinski definition) is 1. The van der Waals surface area contributed by atoms with E-state index in [2.05, 4.69) is 5.32 Å². The molecule has 0 unspecified atom stereocenters. The molecule has 9 heteroatoms. The standard InChI is InChI=1S/C30H22ClFN2O4S/c1-2-37-26-16-18(14-22-28(35)33-30(39)34(29(22)36)25-13-6-5-12-24(25)32)15-23(31)27(26)38-17-20-10-7-9-19-8-3-4-11-21(19)20/h3-16H,2,17H2,1H3,(H,33,35,39)/b22-14+. The molecule has 0 saturated carbocycles. The summed E-state index contributed by atoms with van der Waals surface area (Å²) in [4.78, 5) is 26.9. The third-order valence-corrected chi connectivity index (χ3v) is 6.66. The molecular formula is C30H22ClFN2O4S. The van der Waals surface area contributed by atoms with Gasteiger partial charge in [-0.05, 0) is 71.4 Å². The Morgan fingerprint density at radius 3 is 2.54 bits per heavy atom. The fourth-order valence-electron chi connectivity index (χ4n) is 4.32. The molecule has 0 spiro atoms. The van der Waals surface area contributed by atoms with Crippen molar-refractivity contribution in [3.63, 3.8) is 0 Å². The zero-order chi connectivity index (χ0) is 27.5. The Balaban J connectivity index is 1.47. The van der Waals surface area contributed by atoms with Crippen LogP contribution in [0.3, 0.4) is 0 Å². The van der Waals surface area contributed by atoms with Crippen molar-refractivity contribution in [3.05, 3.63) is 106 Å². The number of nitrogens with zero attached hydrogens (tertiary/aromatic N) is 1. The van der Waals surface area contributed by atoms with Gasteiger partial charge in [0.1, 0.15) is 18.0 Å². The van der Waals surface area contributed by atoms with Crippen LogP contribution in [0.2, 0.25) is 5.02 Å². The van der Waals surface area contributed by atoms with E-state index < -0.39 is 17.6 Å². The third-order valence-electron chi connectivity index (χ3n) is 6.09. The molecule has 4 aromatic carbocycles. The van der Waals surface area contributed by atoms with E-state index in [0.29, 0.717) is 23.7 Å². The van der Waals surface area contributed by atoms with Gasteiger partial charge in [0.15, 0.2) is 16.6 Å². The summed E-state index contributed by atoms with van der Waals surface area (Å²) < 4.78 is 26.4. The SMILES string of the molecule is CCOc1cc(/C=C2\C(=O)NC(=S)N(c3ccccc3F)C2=O)cc(Cl)c1OCc1cccc2ccccc12. The molecule has 2 amide bonds. The number of thiocarbonyl (C=S) groups is 1. The summed E-state index contributed by atoms with van der Waals surface area (Å²) >= 11 is 11.8. The van der Waals surface area contributed by atoms with E-state index in [0.717, 1.165) is 21.2 Å². The lowest BCUT2D eigenvalue weighted by Crippen LogP contribution is -2.54. The van der Waals surface area contributed by atoms with E-state index in [-0.39, 0.29) is 28.0 Å². The molecule has 1 fully saturated rings. The van der Waals surface area contributed by atoms with Crippen molar-refractivity contribution in [2.45, 2.75) is 13.5 Å². The van der Waals surface area contributed by atoms with Crippen LogP contribution >= 0.6 is 23.8 Å². The zero-order valence-corrected chi connectivity index (χ0v) is 22.3. The number of carbonyl (C=O) groups is 2. The van der Waals surface area contributed by atoms with Crippen LogP contribution in [0.4, 0.5) is 10.1 Å². The van der Waals surface area contributed by atoms with Crippen LogP contribution in [0.5, 0.6) is 11.5 Å². The molecule has 1 N–H and O–H groups in total. The summed E-state index contributed by atoms with van der Waals surface area (Å²) in [6, 6.07) is 22.8. The average Bonchev–Trinajstić information content (AvgIpc) is 2.92. The molecule has 39 heavy (non-hydrogen) atoms. The Labute approximate surface area is 234 Å². The first-order valence-electron chi connectivity index (χ1n) is 12.1. The summed E-state index contributed by atoms with van der Waals surface area (Å²) in [7, 11) is 0. The van der Waals surface area contributed by atoms with Crippen molar-refractivity contribution in [3.8, 4) is 11.5 Å². The predicted molar refractivity (Wildman–Crippen MR) is 154 cm³/mol. The number of anilines is 1. The van der Waals surface area contributed by atoms with E-state index in [1.807, 2.05) is 49.4 Å². The number of hydrogen-bond acceptors (Lipinski definition) is 5. The average molecular weight is 561 g/mol. The number of fused-ring (bicyclic) bond motifs is 1. The van der Waals surface area contributed by atoms with Gasteiger partial charge in [-0.25, -0.2) is 9.29 Å². The normalized spacial score (nSPS) is 14.6. The Hall–Kier alpha value is -4.27. The van der Waals surface area contributed by atoms with Gasteiger partial charge >= 0.3 is 0 Å². The van der Waals surface area contributed by atoms with Gasteiger partial charge in [0, 0.05) is 0 Å². The Morgan fingerprint density at radius 1 is 1.00 bits per heavy atom. The number of para-hydroxylation sites is 1. The fraction of sp³-hybridized carbons (Fsp3) is 0.100. The maximum absolute atomic E-state index is 14.5. The van der Waals surface area contributed by atoms with Gasteiger partial charge in [0.2, 0.25) is 0 Å². The number of nitrogens with one attached hydrogen (secondary N) is 1. The zero-order valence-electron chi connectivity index (χ0n) is 20.7. The molecule has 1 aliphatic rings. The van der Waals surface area contributed by atoms with E-state index in [1.165, 1.54) is 24.3 Å². The van der Waals surface area contributed by atoms with Crippen LogP contribution < -0.4 is 19.7 Å². The smallest absolute Gasteiger partial charge is 0.270 e. The molecule has 5 rings (SSSR count). The van der Waals surface area contributed by atoms with Gasteiger partial charge < -0.3 is 9.47 Å². The molecule has 0 aromatic heterocycles. The Kier molecular flexibility index (Phi) is 7.58.